The molecule has 4 aliphatic carbocycles. The lowest BCUT2D eigenvalue weighted by molar-refractivity contribution is -0.165. The number of Topliss-reactive ketones (excluding diaryl/α,β-unsaturated/α-hetero) is 1. The predicted molar refractivity (Wildman–Crippen MR) is 102 cm³/mol. The van der Waals surface area contributed by atoms with Crippen LogP contribution in [-0.2, 0) is 19.1 Å². The van der Waals surface area contributed by atoms with Crippen molar-refractivity contribution in [3.63, 3.8) is 0 Å². The Morgan fingerprint density at radius 3 is 2.56 bits per heavy atom. The number of hydrogen-bond donors (Lipinski definition) is 0. The van der Waals surface area contributed by atoms with Gasteiger partial charge in [-0.1, -0.05) is 32.1 Å². The zero-order chi connectivity index (χ0) is 19.6. The highest BCUT2D eigenvalue weighted by atomic mass is 16.6. The molecular weight excluding hydrogens is 340 g/mol. The van der Waals surface area contributed by atoms with Crippen molar-refractivity contribution in [2.75, 3.05) is 0 Å². The van der Waals surface area contributed by atoms with Gasteiger partial charge in [0, 0.05) is 18.8 Å². The van der Waals surface area contributed by atoms with Gasteiger partial charge in [0.1, 0.15) is 0 Å². The summed E-state index contributed by atoms with van der Waals surface area (Å²) >= 11 is 0. The Kier molecular flexibility index (Phi) is 3.93. The maximum Gasteiger partial charge on any atom is 0.303 e. The summed E-state index contributed by atoms with van der Waals surface area (Å²) in [5.74, 6) is 0.642. The van der Waals surface area contributed by atoms with Crippen molar-refractivity contribution in [2.24, 2.45) is 28.6 Å². The van der Waals surface area contributed by atoms with Gasteiger partial charge >= 0.3 is 5.97 Å². The minimum absolute atomic E-state index is 0.0155. The molecule has 6 atom stereocenters. The second-order valence-electron chi connectivity index (χ2n) is 9.49. The molecule has 0 spiro atoms. The molecule has 0 aliphatic heterocycles. The number of esters is 1. The summed E-state index contributed by atoms with van der Waals surface area (Å²) in [5, 5.41) is 0. The highest BCUT2D eigenvalue weighted by molar-refractivity contribution is 6.01. The third kappa shape index (κ3) is 2.60. The molecule has 0 heterocycles. The van der Waals surface area contributed by atoms with Gasteiger partial charge in [0.2, 0.25) is 0 Å². The summed E-state index contributed by atoms with van der Waals surface area (Å²) in [6, 6.07) is 0. The standard InChI is InChI=1S/C23H28O4/c1-14(24)23(27-15(2)25)12-20-18-6-5-16-11-17(26)7-10-22(16,4)19(18)8-9-21(20,3)13-23/h5-7,10-11,18-20H,8-9,12-13H2,1-4H3/t18-,19+,20+,21+,22-,23+/m0/s1. The molecule has 0 N–H and O–H groups in total. The number of allylic oxidation sites excluding steroid dienone is 6. The van der Waals surface area contributed by atoms with Gasteiger partial charge in [-0.25, -0.2) is 0 Å². The van der Waals surface area contributed by atoms with Crippen LogP contribution in [0.2, 0.25) is 0 Å². The van der Waals surface area contributed by atoms with E-state index < -0.39 is 5.60 Å². The van der Waals surface area contributed by atoms with Gasteiger partial charge < -0.3 is 4.74 Å². The van der Waals surface area contributed by atoms with E-state index in [4.69, 9.17) is 4.74 Å². The van der Waals surface area contributed by atoms with Crippen molar-refractivity contribution in [2.45, 2.75) is 59.0 Å². The van der Waals surface area contributed by atoms with Crippen LogP contribution in [0.1, 0.15) is 53.4 Å². The fourth-order valence-corrected chi connectivity index (χ4v) is 6.44. The molecule has 4 nitrogen and oxygen atoms in total. The van der Waals surface area contributed by atoms with Crippen molar-refractivity contribution < 1.29 is 19.1 Å². The molecule has 27 heavy (non-hydrogen) atoms. The van der Waals surface area contributed by atoms with E-state index in [1.54, 1.807) is 19.1 Å². The number of rotatable bonds is 2. The molecule has 0 aromatic carbocycles. The Morgan fingerprint density at radius 2 is 1.89 bits per heavy atom. The van der Waals surface area contributed by atoms with Gasteiger partial charge in [-0.05, 0) is 67.1 Å². The molecule has 0 aromatic rings. The molecule has 0 bridgehead atoms. The Balaban J connectivity index is 1.73. The molecule has 0 radical (unpaired) electrons. The van der Waals surface area contributed by atoms with E-state index in [2.05, 4.69) is 32.1 Å². The van der Waals surface area contributed by atoms with Gasteiger partial charge in [0.15, 0.2) is 17.2 Å². The van der Waals surface area contributed by atoms with Crippen LogP contribution >= 0.6 is 0 Å². The number of carbonyl (C=O) groups excluding carboxylic acids is 3. The van der Waals surface area contributed by atoms with Crippen LogP contribution in [0.25, 0.3) is 0 Å². The Morgan fingerprint density at radius 1 is 1.15 bits per heavy atom. The molecule has 2 saturated carbocycles. The van der Waals surface area contributed by atoms with Crippen LogP contribution < -0.4 is 0 Å². The maximum atomic E-state index is 12.5. The first-order chi connectivity index (χ1) is 12.6. The number of ketones is 2. The fraction of sp³-hybridized carbons (Fsp3) is 0.609. The highest BCUT2D eigenvalue weighted by Crippen LogP contribution is 2.65. The monoisotopic (exact) mass is 368 g/mol. The molecule has 144 valence electrons. The van der Waals surface area contributed by atoms with Crippen molar-refractivity contribution in [1.29, 1.82) is 0 Å². The van der Waals surface area contributed by atoms with Crippen LogP contribution in [0.4, 0.5) is 0 Å². The average molecular weight is 368 g/mol. The average Bonchev–Trinajstić information content (AvgIpc) is 2.88. The molecule has 0 aromatic heterocycles. The lowest BCUT2D eigenvalue weighted by Crippen LogP contribution is -2.46. The van der Waals surface area contributed by atoms with Gasteiger partial charge in [-0.2, -0.15) is 0 Å². The predicted octanol–water partition coefficient (Wildman–Crippen LogP) is 3.96. The zero-order valence-corrected chi connectivity index (χ0v) is 16.6. The van der Waals surface area contributed by atoms with Gasteiger partial charge in [0.05, 0.1) is 0 Å². The Hall–Kier alpha value is -1.97. The lowest BCUT2D eigenvalue weighted by atomic mass is 9.50. The lowest BCUT2D eigenvalue weighted by Gasteiger charge is -2.53. The summed E-state index contributed by atoms with van der Waals surface area (Å²) in [6.45, 7) is 7.42. The van der Waals surface area contributed by atoms with E-state index in [1.807, 2.05) is 0 Å². The number of ether oxygens (including phenoxy) is 1. The van der Waals surface area contributed by atoms with E-state index in [1.165, 1.54) is 6.92 Å². The summed E-state index contributed by atoms with van der Waals surface area (Å²) in [6.07, 6.45) is 13.1. The largest absolute Gasteiger partial charge is 0.451 e. The summed E-state index contributed by atoms with van der Waals surface area (Å²) < 4.78 is 5.66. The van der Waals surface area contributed by atoms with E-state index >= 15 is 0 Å². The molecule has 0 unspecified atom stereocenters. The van der Waals surface area contributed by atoms with E-state index in [-0.39, 0.29) is 28.4 Å². The summed E-state index contributed by atoms with van der Waals surface area (Å²) in [4.78, 5) is 36.1. The van der Waals surface area contributed by atoms with Crippen LogP contribution in [0.3, 0.4) is 0 Å². The van der Waals surface area contributed by atoms with Crippen LogP contribution in [0.5, 0.6) is 0 Å². The first kappa shape index (κ1) is 18.4. The van der Waals surface area contributed by atoms with E-state index in [0.29, 0.717) is 30.6 Å². The topological polar surface area (TPSA) is 60.4 Å². The third-order valence-corrected chi connectivity index (χ3v) is 7.85. The van der Waals surface area contributed by atoms with Crippen molar-refractivity contribution in [3.05, 3.63) is 36.0 Å². The smallest absolute Gasteiger partial charge is 0.303 e. The molecule has 0 saturated heterocycles. The zero-order valence-electron chi connectivity index (χ0n) is 16.6. The fourth-order valence-electron chi connectivity index (χ4n) is 6.44. The van der Waals surface area contributed by atoms with Crippen LogP contribution in [0, 0.1) is 28.6 Å². The van der Waals surface area contributed by atoms with Crippen LogP contribution in [0.15, 0.2) is 36.0 Å². The molecule has 4 aliphatic rings. The number of fused-ring (bicyclic) bond motifs is 5. The van der Waals surface area contributed by atoms with Gasteiger partial charge in [-0.3, -0.25) is 14.4 Å². The first-order valence-corrected chi connectivity index (χ1v) is 9.94. The van der Waals surface area contributed by atoms with Gasteiger partial charge in [-0.15, -0.1) is 0 Å². The van der Waals surface area contributed by atoms with E-state index in [9.17, 15) is 14.4 Å². The van der Waals surface area contributed by atoms with E-state index in [0.717, 1.165) is 18.4 Å². The van der Waals surface area contributed by atoms with Gasteiger partial charge in [0.25, 0.3) is 0 Å². The molecule has 4 rings (SSSR count). The summed E-state index contributed by atoms with van der Waals surface area (Å²) in [5.41, 5.74) is -0.0463. The minimum Gasteiger partial charge on any atom is -0.451 e. The SMILES string of the molecule is CC(=O)O[C@]1(C(C)=O)C[C@@H]2[C@H]3C=CC4=CC(=O)C=C[C@]4(C)[C@@H]3CC[C@]2(C)C1. The minimum atomic E-state index is -0.983. The first-order valence-electron chi connectivity index (χ1n) is 9.94. The molecular formula is C23H28O4. The maximum absolute atomic E-state index is 12.5. The highest BCUT2D eigenvalue weighted by Gasteiger charge is 2.62. The van der Waals surface area contributed by atoms with Crippen molar-refractivity contribution >= 4 is 17.5 Å². The Labute approximate surface area is 160 Å². The third-order valence-electron chi connectivity index (χ3n) is 7.85. The molecule has 4 heteroatoms. The number of carbonyl (C=O) groups is 3. The van der Waals surface area contributed by atoms with Crippen LogP contribution in [-0.4, -0.2) is 23.1 Å². The summed E-state index contributed by atoms with van der Waals surface area (Å²) in [7, 11) is 0. The van der Waals surface area contributed by atoms with Crippen molar-refractivity contribution in [1.82, 2.24) is 0 Å². The second kappa shape index (κ2) is 5.76. The number of hydrogen-bond acceptors (Lipinski definition) is 4. The van der Waals surface area contributed by atoms with Crippen molar-refractivity contribution in [3.8, 4) is 0 Å². The normalized spacial score (nSPS) is 44.8. The molecule has 2 fully saturated rings. The molecule has 0 amide bonds. The Bertz CT molecular complexity index is 818. The second-order valence-corrected chi connectivity index (χ2v) is 9.49. The quantitative estimate of drug-likeness (QED) is 0.692.